The number of hydrogen-bond acceptors (Lipinski definition) is 4. The lowest BCUT2D eigenvalue weighted by Gasteiger charge is -2.23. The van der Waals surface area contributed by atoms with Crippen molar-refractivity contribution in [2.24, 2.45) is 0 Å². The van der Waals surface area contributed by atoms with E-state index in [4.69, 9.17) is 5.73 Å². The van der Waals surface area contributed by atoms with Gasteiger partial charge in [0.15, 0.2) is 0 Å². The van der Waals surface area contributed by atoms with Crippen molar-refractivity contribution in [3.8, 4) is 0 Å². The number of hydrogen-bond donors (Lipinski definition) is 2. The van der Waals surface area contributed by atoms with Crippen molar-refractivity contribution in [2.75, 3.05) is 5.73 Å². The number of imide groups is 1. The summed E-state index contributed by atoms with van der Waals surface area (Å²) in [7, 11) is 0. The normalized spacial score (nSPS) is 18.8. The van der Waals surface area contributed by atoms with E-state index in [9.17, 15) is 9.59 Å². The van der Waals surface area contributed by atoms with Gasteiger partial charge in [-0.2, -0.15) is 0 Å². The van der Waals surface area contributed by atoms with E-state index in [1.54, 1.807) is 6.07 Å². The number of pyridine rings is 1. The average Bonchev–Trinajstić information content (AvgIpc) is 2.81. The maximum absolute atomic E-state index is 12.3. The van der Waals surface area contributed by atoms with Gasteiger partial charge in [0, 0.05) is 17.2 Å². The van der Waals surface area contributed by atoms with Crippen LogP contribution < -0.4 is 11.1 Å². The van der Waals surface area contributed by atoms with Crippen LogP contribution in [-0.4, -0.2) is 21.4 Å². The fraction of sp³-hybridized carbons (Fsp3) is 0.188. The maximum atomic E-state index is 12.3. The number of rotatable bonds is 1. The molecule has 1 atom stereocenters. The van der Waals surface area contributed by atoms with Crippen molar-refractivity contribution in [1.82, 2.24) is 14.9 Å². The lowest BCUT2D eigenvalue weighted by molar-refractivity contribution is -0.135. The van der Waals surface area contributed by atoms with Crippen LogP contribution in [0.3, 0.4) is 0 Å². The minimum absolute atomic E-state index is 0.227. The molecular weight excluding hydrogens is 280 g/mol. The molecule has 1 aromatic carbocycles. The highest BCUT2D eigenvalue weighted by Gasteiger charge is 2.30. The lowest BCUT2D eigenvalue weighted by atomic mass is 10.1. The summed E-state index contributed by atoms with van der Waals surface area (Å²) in [6.45, 7) is 0. The number of anilines is 1. The monoisotopic (exact) mass is 294 g/mol. The molecule has 0 saturated carbocycles. The van der Waals surface area contributed by atoms with Crippen molar-refractivity contribution in [3.05, 3.63) is 36.4 Å². The molecule has 2 aromatic heterocycles. The minimum atomic E-state index is -0.450. The first-order valence-corrected chi connectivity index (χ1v) is 7.14. The van der Waals surface area contributed by atoms with Gasteiger partial charge < -0.3 is 10.3 Å². The van der Waals surface area contributed by atoms with E-state index >= 15 is 0 Å². The summed E-state index contributed by atoms with van der Waals surface area (Å²) >= 11 is 0. The molecule has 1 unspecified atom stereocenters. The molecule has 110 valence electrons. The molecule has 1 saturated heterocycles. The van der Waals surface area contributed by atoms with Gasteiger partial charge in [-0.15, -0.1) is 0 Å². The molecule has 1 aliphatic heterocycles. The van der Waals surface area contributed by atoms with Crippen molar-refractivity contribution in [3.63, 3.8) is 0 Å². The summed E-state index contributed by atoms with van der Waals surface area (Å²) in [6, 6.07) is 11.1. The third kappa shape index (κ3) is 1.77. The van der Waals surface area contributed by atoms with E-state index in [0.29, 0.717) is 24.3 Å². The molecule has 0 radical (unpaired) electrons. The molecule has 3 heterocycles. The highest BCUT2D eigenvalue weighted by Crippen LogP contribution is 2.33. The molecule has 6 heteroatoms. The van der Waals surface area contributed by atoms with Gasteiger partial charge in [-0.1, -0.05) is 18.2 Å². The Balaban J connectivity index is 2.04. The highest BCUT2D eigenvalue weighted by molar-refractivity contribution is 6.09. The molecule has 22 heavy (non-hydrogen) atoms. The molecule has 0 aliphatic carbocycles. The van der Waals surface area contributed by atoms with Crippen LogP contribution >= 0.6 is 0 Å². The molecule has 0 spiro atoms. The summed E-state index contributed by atoms with van der Waals surface area (Å²) in [5.41, 5.74) is 7.42. The van der Waals surface area contributed by atoms with Gasteiger partial charge in [-0.3, -0.25) is 14.9 Å². The Bertz CT molecular complexity index is 928. The summed E-state index contributed by atoms with van der Waals surface area (Å²) in [4.78, 5) is 28.1. The van der Waals surface area contributed by atoms with Gasteiger partial charge in [0.05, 0.1) is 5.52 Å². The van der Waals surface area contributed by atoms with E-state index < -0.39 is 6.04 Å². The van der Waals surface area contributed by atoms with Crippen LogP contribution in [0.2, 0.25) is 0 Å². The van der Waals surface area contributed by atoms with Crippen LogP contribution in [-0.2, 0) is 9.59 Å². The SMILES string of the molecule is Nc1ccc2c3ccccc3n(C3CCC(=O)NC3=O)c2n1. The first-order valence-electron chi connectivity index (χ1n) is 7.14. The number of piperidine rings is 1. The molecule has 4 rings (SSSR count). The molecule has 0 bridgehead atoms. The average molecular weight is 294 g/mol. The minimum Gasteiger partial charge on any atom is -0.384 e. The maximum Gasteiger partial charge on any atom is 0.249 e. The predicted molar refractivity (Wildman–Crippen MR) is 83.1 cm³/mol. The van der Waals surface area contributed by atoms with Gasteiger partial charge in [-0.05, 0) is 24.6 Å². The van der Waals surface area contributed by atoms with Crippen LogP contribution in [0.15, 0.2) is 36.4 Å². The second kappa shape index (κ2) is 4.56. The van der Waals surface area contributed by atoms with Crippen LogP contribution in [0.4, 0.5) is 5.82 Å². The van der Waals surface area contributed by atoms with Crippen molar-refractivity contribution in [2.45, 2.75) is 18.9 Å². The number of benzene rings is 1. The fourth-order valence-electron chi connectivity index (χ4n) is 3.13. The van der Waals surface area contributed by atoms with Crippen LogP contribution in [0.1, 0.15) is 18.9 Å². The molecule has 1 fully saturated rings. The first-order chi connectivity index (χ1) is 10.6. The van der Waals surface area contributed by atoms with Crippen molar-refractivity contribution >= 4 is 39.6 Å². The molecule has 3 N–H and O–H groups in total. The second-order valence-corrected chi connectivity index (χ2v) is 5.46. The Morgan fingerprint density at radius 2 is 1.95 bits per heavy atom. The van der Waals surface area contributed by atoms with E-state index in [0.717, 1.165) is 16.3 Å². The Hall–Kier alpha value is -2.89. The van der Waals surface area contributed by atoms with Crippen LogP contribution in [0.25, 0.3) is 21.9 Å². The molecule has 6 nitrogen and oxygen atoms in total. The van der Waals surface area contributed by atoms with Crippen molar-refractivity contribution < 1.29 is 9.59 Å². The smallest absolute Gasteiger partial charge is 0.249 e. The number of nitrogens with one attached hydrogen (secondary N) is 1. The number of carbonyl (C=O) groups excluding carboxylic acids is 2. The van der Waals surface area contributed by atoms with E-state index in [1.807, 2.05) is 34.9 Å². The van der Waals surface area contributed by atoms with Gasteiger partial charge in [-0.25, -0.2) is 4.98 Å². The van der Waals surface area contributed by atoms with Gasteiger partial charge in [0.25, 0.3) is 0 Å². The number of nitrogens with two attached hydrogens (primary N) is 1. The standard InChI is InChI=1S/C16H14N4O2/c17-13-7-5-10-9-3-1-2-4-11(9)20(15(10)18-13)12-6-8-14(21)19-16(12)22/h1-5,7,12H,6,8H2,(H2,17,18)(H,19,21,22). The number of amides is 2. The number of aromatic nitrogens is 2. The number of nitrogen functional groups attached to an aromatic ring is 1. The summed E-state index contributed by atoms with van der Waals surface area (Å²) < 4.78 is 1.89. The topological polar surface area (TPSA) is 90.0 Å². The zero-order chi connectivity index (χ0) is 15.3. The number of fused-ring (bicyclic) bond motifs is 3. The third-order valence-electron chi connectivity index (χ3n) is 4.10. The zero-order valence-electron chi connectivity index (χ0n) is 11.7. The first kappa shape index (κ1) is 12.8. The third-order valence-corrected chi connectivity index (χ3v) is 4.10. The Labute approximate surface area is 125 Å². The number of para-hydroxylation sites is 1. The second-order valence-electron chi connectivity index (χ2n) is 5.46. The highest BCUT2D eigenvalue weighted by atomic mass is 16.2. The molecule has 2 amide bonds. The molecule has 3 aromatic rings. The lowest BCUT2D eigenvalue weighted by Crippen LogP contribution is -2.41. The molecule has 1 aliphatic rings. The summed E-state index contributed by atoms with van der Waals surface area (Å²) in [5, 5.41) is 4.38. The Morgan fingerprint density at radius 3 is 2.77 bits per heavy atom. The Morgan fingerprint density at radius 1 is 1.14 bits per heavy atom. The number of nitrogens with zero attached hydrogens (tertiary/aromatic N) is 2. The summed E-state index contributed by atoms with van der Waals surface area (Å²) in [6.07, 6.45) is 0.793. The number of carbonyl (C=O) groups is 2. The van der Waals surface area contributed by atoms with Crippen molar-refractivity contribution in [1.29, 1.82) is 0 Å². The van der Waals surface area contributed by atoms with E-state index in [-0.39, 0.29) is 11.8 Å². The van der Waals surface area contributed by atoms with Gasteiger partial charge >= 0.3 is 0 Å². The Kier molecular flexibility index (Phi) is 2.66. The zero-order valence-corrected chi connectivity index (χ0v) is 11.7. The fourth-order valence-corrected chi connectivity index (χ4v) is 3.13. The van der Waals surface area contributed by atoms with Crippen LogP contribution in [0, 0.1) is 0 Å². The van der Waals surface area contributed by atoms with Crippen LogP contribution in [0.5, 0.6) is 0 Å². The van der Waals surface area contributed by atoms with Gasteiger partial charge in [0.1, 0.15) is 17.5 Å². The van der Waals surface area contributed by atoms with Gasteiger partial charge in [0.2, 0.25) is 11.8 Å². The quantitative estimate of drug-likeness (QED) is 0.669. The summed E-state index contributed by atoms with van der Waals surface area (Å²) in [5.74, 6) is -0.110. The largest absolute Gasteiger partial charge is 0.384 e. The predicted octanol–water partition coefficient (Wildman–Crippen LogP) is 1.75. The van der Waals surface area contributed by atoms with E-state index in [1.165, 1.54) is 0 Å². The molecular formula is C16H14N4O2. The van der Waals surface area contributed by atoms with E-state index in [2.05, 4.69) is 10.3 Å².